The van der Waals surface area contributed by atoms with Crippen molar-refractivity contribution in [2.45, 2.75) is 343 Å². The first-order chi connectivity index (χ1) is 42.8. The van der Waals surface area contributed by atoms with Crippen molar-refractivity contribution in [3.8, 4) is 0 Å². The molecule has 3 N–H and O–H groups in total. The van der Waals surface area contributed by atoms with E-state index in [1.165, 1.54) is 109 Å². The average molecular weight is 1310 g/mol. The zero-order valence-corrected chi connectivity index (χ0v) is 59.2. The highest BCUT2D eigenvalue weighted by molar-refractivity contribution is 7.47. The van der Waals surface area contributed by atoms with Crippen LogP contribution in [0.15, 0.2) is 24.3 Å². The fourth-order valence-corrected chi connectivity index (χ4v) is 11.5. The molecule has 0 aromatic rings. The SMILES string of the molecule is CCCCCC/C=C\C=C/CCCCCCCC(=O)O[C@H](COC(=O)CCCCCCCCC(C)C)COP(=O)(O)OC[C@@H](O)COP(=O)(O)OC[C@@H](COC(=O)CCCCCCCCC(C)CC)OC(=O)CCCCCCCCCCCCCCC(C)C. The molecule has 0 aromatic carbocycles. The maximum absolute atomic E-state index is 13.0. The molecule has 0 amide bonds. The van der Waals surface area contributed by atoms with E-state index >= 15 is 0 Å². The van der Waals surface area contributed by atoms with Gasteiger partial charge in [-0.05, 0) is 69.1 Å². The molecule has 6 atom stereocenters. The number of hydrogen-bond acceptors (Lipinski definition) is 15. The highest BCUT2D eigenvalue weighted by Crippen LogP contribution is 2.45. The molecule has 17 nitrogen and oxygen atoms in total. The molecule has 0 rings (SSSR count). The number of unbranched alkanes of at least 4 members (excludes halogenated alkanes) is 30. The number of phosphoric ester groups is 2. The van der Waals surface area contributed by atoms with Crippen molar-refractivity contribution in [3.05, 3.63) is 24.3 Å². The first-order valence-electron chi connectivity index (χ1n) is 35.7. The molecule has 524 valence electrons. The van der Waals surface area contributed by atoms with E-state index in [0.717, 1.165) is 127 Å². The third-order valence-electron chi connectivity index (χ3n) is 15.9. The molecule has 0 aliphatic heterocycles. The van der Waals surface area contributed by atoms with Gasteiger partial charge in [0.2, 0.25) is 0 Å². The highest BCUT2D eigenvalue weighted by Gasteiger charge is 2.30. The van der Waals surface area contributed by atoms with Crippen LogP contribution in [-0.4, -0.2) is 96.7 Å². The Morgan fingerprint density at radius 3 is 1.00 bits per heavy atom. The Bertz CT molecular complexity index is 1840. The largest absolute Gasteiger partial charge is 0.472 e. The lowest BCUT2D eigenvalue weighted by Crippen LogP contribution is -2.30. The van der Waals surface area contributed by atoms with Crippen LogP contribution in [0.3, 0.4) is 0 Å². The summed E-state index contributed by atoms with van der Waals surface area (Å²) in [6.45, 7) is 11.7. The van der Waals surface area contributed by atoms with Crippen LogP contribution in [0.2, 0.25) is 0 Å². The van der Waals surface area contributed by atoms with Gasteiger partial charge >= 0.3 is 39.5 Å². The minimum atomic E-state index is -4.96. The minimum Gasteiger partial charge on any atom is -0.462 e. The van der Waals surface area contributed by atoms with Gasteiger partial charge in [0.05, 0.1) is 26.4 Å². The number of carbonyl (C=O) groups excluding carboxylic acids is 4. The molecule has 0 bridgehead atoms. The summed E-state index contributed by atoms with van der Waals surface area (Å²) in [5, 5.41) is 10.6. The Morgan fingerprint density at radius 2 is 0.663 bits per heavy atom. The third-order valence-corrected chi connectivity index (χ3v) is 17.8. The smallest absolute Gasteiger partial charge is 0.462 e. The van der Waals surface area contributed by atoms with Gasteiger partial charge in [0, 0.05) is 25.7 Å². The van der Waals surface area contributed by atoms with Crippen molar-refractivity contribution < 1.29 is 80.2 Å². The Kier molecular flexibility index (Phi) is 58.8. The van der Waals surface area contributed by atoms with Gasteiger partial charge in [0.15, 0.2) is 12.2 Å². The van der Waals surface area contributed by atoms with Crippen LogP contribution in [0.4, 0.5) is 0 Å². The summed E-state index contributed by atoms with van der Waals surface area (Å²) in [7, 11) is -9.91. The summed E-state index contributed by atoms with van der Waals surface area (Å²) in [5.41, 5.74) is 0. The van der Waals surface area contributed by atoms with Crippen molar-refractivity contribution in [1.82, 2.24) is 0 Å². The zero-order chi connectivity index (χ0) is 65.9. The van der Waals surface area contributed by atoms with Crippen molar-refractivity contribution >= 4 is 39.5 Å². The third kappa shape index (κ3) is 62.7. The number of rotatable bonds is 66. The van der Waals surface area contributed by atoms with E-state index in [1.807, 2.05) is 0 Å². The lowest BCUT2D eigenvalue weighted by Gasteiger charge is -2.21. The van der Waals surface area contributed by atoms with Crippen molar-refractivity contribution in [3.63, 3.8) is 0 Å². The average Bonchev–Trinajstić information content (AvgIpc) is 3.54. The van der Waals surface area contributed by atoms with Crippen LogP contribution < -0.4 is 0 Å². The van der Waals surface area contributed by atoms with Crippen LogP contribution in [0.25, 0.3) is 0 Å². The summed E-state index contributed by atoms with van der Waals surface area (Å²) < 4.78 is 68.2. The van der Waals surface area contributed by atoms with Gasteiger partial charge in [-0.2, -0.15) is 0 Å². The standard InChI is InChI=1S/C70H132O17P2/c1-8-10-11-12-13-14-15-16-17-18-22-25-28-39-46-53-69(74)86-65(57-80-67(72)51-44-37-32-30-35-42-49-62(5)6)59-84-88(76,77)82-55-64(71)56-83-89(78,79)85-60-66(58-81-68(73)52-45-38-33-31-36-43-50-63(7)9-2)87-70(75)54-47-40-29-26-23-20-19-21-24-27-34-41-48-61(3)4/h14-17,61-66,71H,8-13,18-60H2,1-7H3,(H,76,77)(H,78,79)/b15-14-,17-16-/t63?,64-,65-,66-/m1/s1. The fraction of sp³-hybridized carbons (Fsp3) is 0.886. The molecule has 0 fully saturated rings. The monoisotopic (exact) mass is 1310 g/mol. The van der Waals surface area contributed by atoms with Crippen molar-refractivity contribution in [2.24, 2.45) is 17.8 Å². The lowest BCUT2D eigenvalue weighted by molar-refractivity contribution is -0.161. The second-order valence-corrected chi connectivity index (χ2v) is 28.7. The molecular weight excluding hydrogens is 1170 g/mol. The molecule has 0 radical (unpaired) electrons. The Balaban J connectivity index is 5.27. The first kappa shape index (κ1) is 86.5. The molecular formula is C70H132O17P2. The number of aliphatic hydroxyl groups excluding tert-OH is 1. The summed E-state index contributed by atoms with van der Waals surface area (Å²) in [4.78, 5) is 72.5. The van der Waals surface area contributed by atoms with E-state index in [-0.39, 0.29) is 25.7 Å². The summed E-state index contributed by atoms with van der Waals surface area (Å²) in [6, 6.07) is 0. The highest BCUT2D eigenvalue weighted by atomic mass is 31.2. The molecule has 0 saturated carbocycles. The molecule has 0 aliphatic rings. The molecule has 0 aliphatic carbocycles. The fourth-order valence-electron chi connectivity index (χ4n) is 9.97. The minimum absolute atomic E-state index is 0.0834. The van der Waals surface area contributed by atoms with Crippen LogP contribution in [0, 0.1) is 17.8 Å². The van der Waals surface area contributed by atoms with Gasteiger partial charge in [0.1, 0.15) is 19.3 Å². The molecule has 19 heteroatoms. The van der Waals surface area contributed by atoms with Gasteiger partial charge in [-0.1, -0.05) is 272 Å². The van der Waals surface area contributed by atoms with Crippen LogP contribution in [0.1, 0.15) is 325 Å². The van der Waals surface area contributed by atoms with Crippen LogP contribution >= 0.6 is 15.6 Å². The van der Waals surface area contributed by atoms with E-state index in [4.69, 9.17) is 37.0 Å². The lowest BCUT2D eigenvalue weighted by atomic mass is 10.00. The quantitative estimate of drug-likeness (QED) is 0.0169. The van der Waals surface area contributed by atoms with Gasteiger partial charge in [-0.15, -0.1) is 0 Å². The van der Waals surface area contributed by atoms with Crippen molar-refractivity contribution in [1.29, 1.82) is 0 Å². The van der Waals surface area contributed by atoms with E-state index in [2.05, 4.69) is 72.8 Å². The Labute approximate surface area is 542 Å². The molecule has 3 unspecified atom stereocenters. The number of aliphatic hydroxyl groups is 1. The second kappa shape index (κ2) is 60.5. The number of hydrogen-bond donors (Lipinski definition) is 3. The summed E-state index contributed by atoms with van der Waals surface area (Å²) in [5.74, 6) is 0.0197. The second-order valence-electron chi connectivity index (χ2n) is 25.8. The summed E-state index contributed by atoms with van der Waals surface area (Å²) in [6.07, 6.45) is 46.8. The number of phosphoric acid groups is 2. The molecule has 89 heavy (non-hydrogen) atoms. The predicted molar refractivity (Wildman–Crippen MR) is 358 cm³/mol. The number of carbonyl (C=O) groups is 4. The van der Waals surface area contributed by atoms with E-state index in [9.17, 15) is 43.2 Å². The molecule has 0 aromatic heterocycles. The van der Waals surface area contributed by atoms with Gasteiger partial charge in [0.25, 0.3) is 0 Å². The molecule has 0 saturated heterocycles. The van der Waals surface area contributed by atoms with E-state index < -0.39 is 97.5 Å². The topological polar surface area (TPSA) is 237 Å². The van der Waals surface area contributed by atoms with E-state index in [0.29, 0.717) is 31.6 Å². The van der Waals surface area contributed by atoms with Gasteiger partial charge in [-0.25, -0.2) is 9.13 Å². The van der Waals surface area contributed by atoms with Gasteiger partial charge < -0.3 is 33.8 Å². The normalized spacial score (nSPS) is 14.7. The Morgan fingerprint density at radius 1 is 0.371 bits per heavy atom. The predicted octanol–water partition coefficient (Wildman–Crippen LogP) is 19.4. The zero-order valence-electron chi connectivity index (χ0n) is 57.4. The summed E-state index contributed by atoms with van der Waals surface area (Å²) >= 11 is 0. The van der Waals surface area contributed by atoms with Crippen molar-refractivity contribution in [2.75, 3.05) is 39.6 Å². The number of ether oxygens (including phenoxy) is 4. The first-order valence-corrected chi connectivity index (χ1v) is 38.7. The van der Waals surface area contributed by atoms with Gasteiger partial charge in [-0.3, -0.25) is 37.3 Å². The molecule has 0 spiro atoms. The Hall–Kier alpha value is -2.46. The van der Waals surface area contributed by atoms with Crippen LogP contribution in [-0.2, 0) is 65.4 Å². The van der Waals surface area contributed by atoms with E-state index in [1.54, 1.807) is 0 Å². The van der Waals surface area contributed by atoms with Crippen LogP contribution in [0.5, 0.6) is 0 Å². The molecule has 0 heterocycles. The number of esters is 4. The number of allylic oxidation sites excluding steroid dienone is 4. The maximum atomic E-state index is 13.0. The maximum Gasteiger partial charge on any atom is 0.472 e.